The van der Waals surface area contributed by atoms with E-state index in [4.69, 9.17) is 10.5 Å². The number of nitrogens with zero attached hydrogens (tertiary/aromatic N) is 4. The number of nitrogen functional groups attached to an aromatic ring is 1. The average Bonchev–Trinajstić information content (AvgIpc) is 3.74. The number of phosphoric acid groups is 3. The molecule has 3 rings (SSSR count). The largest absolute Gasteiger partial charge is 0.790 e. The fourth-order valence-electron chi connectivity index (χ4n) is 5.67. The third kappa shape index (κ3) is 18.0. The third-order valence-electron chi connectivity index (χ3n) is 8.94. The molecule has 0 aromatic carbocycles. The van der Waals surface area contributed by atoms with Crippen molar-refractivity contribution in [2.45, 2.75) is 109 Å². The van der Waals surface area contributed by atoms with Crippen LogP contribution in [0, 0.1) is 5.41 Å². The number of ether oxygens (including phenoxy) is 1. The van der Waals surface area contributed by atoms with E-state index in [0.29, 0.717) is 6.42 Å². The van der Waals surface area contributed by atoms with Gasteiger partial charge in [0.2, 0.25) is 11.8 Å². The molecule has 1 aliphatic rings. The van der Waals surface area contributed by atoms with Gasteiger partial charge in [0.1, 0.15) is 36.3 Å². The molecule has 7 N–H and O–H groups in total. The lowest BCUT2D eigenvalue weighted by atomic mass is 9.87. The number of aromatic nitrogens is 4. The molecule has 0 saturated carbocycles. The number of nitrogens with one attached hydrogen (secondary N) is 2. The lowest BCUT2D eigenvalue weighted by Gasteiger charge is -2.36. The first-order chi connectivity index (χ1) is 28.9. The summed E-state index contributed by atoms with van der Waals surface area (Å²) >= 11 is 0.956. The number of amides is 2. The Morgan fingerprint density at radius 3 is 2.44 bits per heavy atom. The maximum Gasteiger partial charge on any atom is 0.274 e. The van der Waals surface area contributed by atoms with Crippen LogP contribution in [0.2, 0.25) is 0 Å². The molecule has 25 nitrogen and oxygen atoms in total. The summed E-state index contributed by atoms with van der Waals surface area (Å²) < 4.78 is 60.6. The van der Waals surface area contributed by atoms with Gasteiger partial charge in [-0.2, -0.15) is 0 Å². The Morgan fingerprint density at radius 2 is 1.74 bits per heavy atom. The first kappa shape index (κ1) is 53.6. The van der Waals surface area contributed by atoms with E-state index in [0.717, 1.165) is 54.7 Å². The number of unbranched alkanes of at least 4 members (excludes halogenated alkanes) is 4. The highest BCUT2D eigenvalue weighted by atomic mass is 32.2. The highest BCUT2D eigenvalue weighted by Gasteiger charge is 2.47. The SMILES string of the molecule is CCCCCC/C=C/C[C@@H](O)CC(=O)SCCNC(=O)CCNC(=O)[C@H](O)C(C)(C)COP(=O)([O-])OP(=O)([O-])OC[C@H]1O[C@@H](n2cnc3c(N)ncnc32)[C@H](O)[C@@H]1OP(=O)([O-])[O-]. The second kappa shape index (κ2) is 24.5. The van der Waals surface area contributed by atoms with Crippen LogP contribution in [0.1, 0.15) is 78.4 Å². The van der Waals surface area contributed by atoms with E-state index in [2.05, 4.69) is 50.4 Å². The van der Waals surface area contributed by atoms with Crippen molar-refractivity contribution >= 4 is 69.1 Å². The molecule has 352 valence electrons. The molecule has 29 heteroatoms. The van der Waals surface area contributed by atoms with Gasteiger partial charge in [-0.3, -0.25) is 28.1 Å². The summed E-state index contributed by atoms with van der Waals surface area (Å²) in [6.07, 6.45) is 1.20. The Morgan fingerprint density at radius 1 is 1.03 bits per heavy atom. The minimum absolute atomic E-state index is 0.0256. The molecule has 62 heavy (non-hydrogen) atoms. The number of anilines is 1. The Balaban J connectivity index is 1.40. The maximum absolute atomic E-state index is 12.6. The van der Waals surface area contributed by atoms with Crippen molar-refractivity contribution in [1.29, 1.82) is 0 Å². The van der Waals surface area contributed by atoms with E-state index in [9.17, 15) is 63.0 Å². The number of aliphatic hydroxyl groups excluding tert-OH is 3. The number of imidazole rings is 1. The molecule has 2 amide bonds. The number of nitrogens with two attached hydrogens (primary N) is 1. The highest BCUT2D eigenvalue weighted by Crippen LogP contribution is 2.56. The fourth-order valence-corrected chi connectivity index (χ4v) is 9.14. The number of rotatable bonds is 28. The van der Waals surface area contributed by atoms with E-state index in [-0.39, 0.29) is 53.8 Å². The lowest BCUT2D eigenvalue weighted by molar-refractivity contribution is -0.347. The summed E-state index contributed by atoms with van der Waals surface area (Å²) in [6.45, 7) is 2.10. The number of aliphatic hydroxyl groups is 3. The molecule has 8 atom stereocenters. The molecule has 1 fully saturated rings. The molecule has 0 bridgehead atoms. The van der Waals surface area contributed by atoms with Crippen molar-refractivity contribution in [1.82, 2.24) is 30.2 Å². The molecule has 0 aliphatic carbocycles. The van der Waals surface area contributed by atoms with E-state index < -0.39 is 90.7 Å². The normalized spacial score (nSPS) is 21.4. The number of allylic oxidation sites excluding steroid dienone is 1. The monoisotopic (exact) mass is 959 g/mol. The van der Waals surface area contributed by atoms with Crippen molar-refractivity contribution in [3.05, 3.63) is 24.8 Å². The van der Waals surface area contributed by atoms with E-state index in [1.165, 1.54) is 20.3 Å². The molecule has 2 unspecified atom stereocenters. The van der Waals surface area contributed by atoms with Gasteiger partial charge in [0.05, 0.1) is 33.5 Å². The van der Waals surface area contributed by atoms with Crippen molar-refractivity contribution in [2.24, 2.45) is 5.41 Å². The van der Waals surface area contributed by atoms with Crippen molar-refractivity contribution in [2.75, 3.05) is 37.8 Å². The van der Waals surface area contributed by atoms with Crippen LogP contribution in [0.15, 0.2) is 24.8 Å². The maximum atomic E-state index is 12.6. The predicted octanol–water partition coefficient (Wildman–Crippen LogP) is -1.20. The number of carbonyl (C=O) groups excluding carboxylic acids is 3. The van der Waals surface area contributed by atoms with Gasteiger partial charge < -0.3 is 74.1 Å². The van der Waals surface area contributed by atoms with Crippen molar-refractivity contribution < 1.29 is 85.6 Å². The number of thioether (sulfide) groups is 1. The topological polar surface area (TPSA) is 395 Å². The zero-order valence-corrected chi connectivity index (χ0v) is 37.5. The van der Waals surface area contributed by atoms with Crippen LogP contribution in [0.5, 0.6) is 0 Å². The zero-order chi connectivity index (χ0) is 46.3. The smallest absolute Gasteiger partial charge is 0.274 e. The standard InChI is InChI=1S/C33H56N7O18P3S/c1-4-5-6-7-8-9-10-11-21(41)16-24(43)62-15-14-35-23(42)12-13-36-31(46)28(45)33(2,3)18-55-61(52,53)58-60(50,51)54-17-22-27(57-59(47,48)49)26(44)32(56-22)40-20-39-25-29(34)37-19-38-30(25)40/h9-10,19-22,26-28,32,41,44-45H,4-8,11-18H2,1-3H3,(H,35,42)(H,36,46)(H,50,51)(H,52,53)(H2,34,37,38)(H2,47,48,49)/p-4/b10-9+/t21-,22-,26-,27-,28+,32-/m1/s1. The van der Waals surface area contributed by atoms with Crippen LogP contribution in [0.25, 0.3) is 11.2 Å². The Bertz CT molecular complexity index is 1970. The van der Waals surface area contributed by atoms with E-state index in [1.807, 2.05) is 12.2 Å². The second-order valence-electron chi connectivity index (χ2n) is 14.6. The molecule has 1 saturated heterocycles. The van der Waals surface area contributed by atoms with Gasteiger partial charge in [-0.15, -0.1) is 0 Å². The second-order valence-corrected chi connectivity index (χ2v) is 19.8. The van der Waals surface area contributed by atoms with Gasteiger partial charge in [-0.05, 0) is 19.3 Å². The van der Waals surface area contributed by atoms with Crippen LogP contribution in [-0.4, -0.2) is 114 Å². The number of fused-ring (bicyclic) bond motifs is 1. The van der Waals surface area contributed by atoms with Crippen LogP contribution in [-0.2, 0) is 50.7 Å². The van der Waals surface area contributed by atoms with E-state index in [1.54, 1.807) is 0 Å². The number of phosphoric ester groups is 3. The fraction of sp³-hybridized carbons (Fsp3) is 0.697. The molecular formula is C33H52N7O18P3S-4. The quantitative estimate of drug-likeness (QED) is 0.0331. The Kier molecular flexibility index (Phi) is 21.2. The highest BCUT2D eigenvalue weighted by molar-refractivity contribution is 8.13. The summed E-state index contributed by atoms with van der Waals surface area (Å²) in [5.74, 6) is -1.36. The van der Waals surface area contributed by atoms with Gasteiger partial charge in [0, 0.05) is 37.1 Å². The predicted molar refractivity (Wildman–Crippen MR) is 211 cm³/mol. The van der Waals surface area contributed by atoms with Gasteiger partial charge in [-0.1, -0.05) is 63.9 Å². The van der Waals surface area contributed by atoms with Crippen LogP contribution < -0.4 is 35.9 Å². The number of hydrogen-bond acceptors (Lipinski definition) is 23. The number of carbonyl (C=O) groups is 3. The lowest BCUT2D eigenvalue weighted by Crippen LogP contribution is -2.46. The first-order valence-electron chi connectivity index (χ1n) is 19.3. The Labute approximate surface area is 361 Å². The van der Waals surface area contributed by atoms with Gasteiger partial charge >= 0.3 is 0 Å². The molecule has 2 aromatic heterocycles. The van der Waals surface area contributed by atoms with Gasteiger partial charge in [0.25, 0.3) is 15.6 Å². The summed E-state index contributed by atoms with van der Waals surface area (Å²) in [6, 6.07) is 0. The third-order valence-corrected chi connectivity index (χ3v) is 12.9. The summed E-state index contributed by atoms with van der Waals surface area (Å²) in [5.41, 5.74) is 4.05. The minimum atomic E-state index is -5.93. The van der Waals surface area contributed by atoms with Crippen LogP contribution >= 0.6 is 35.2 Å². The Hall–Kier alpha value is -2.74. The molecule has 0 radical (unpaired) electrons. The van der Waals surface area contributed by atoms with Gasteiger partial charge in [-0.25, -0.2) is 19.3 Å². The van der Waals surface area contributed by atoms with Crippen molar-refractivity contribution in [3.8, 4) is 0 Å². The van der Waals surface area contributed by atoms with E-state index >= 15 is 0 Å². The molecule has 0 spiro atoms. The summed E-state index contributed by atoms with van der Waals surface area (Å²) in [4.78, 5) is 96.5. The first-order valence-corrected chi connectivity index (χ1v) is 24.6. The molecule has 3 heterocycles. The van der Waals surface area contributed by atoms with Gasteiger partial charge in [0.15, 0.2) is 22.8 Å². The van der Waals surface area contributed by atoms with Crippen molar-refractivity contribution in [3.63, 3.8) is 0 Å². The molecule has 2 aromatic rings. The average molecular weight is 960 g/mol. The van der Waals surface area contributed by atoms with Crippen LogP contribution in [0.4, 0.5) is 5.82 Å². The summed E-state index contributed by atoms with van der Waals surface area (Å²) in [7, 11) is -17.6. The van der Waals surface area contributed by atoms with Crippen LogP contribution in [0.3, 0.4) is 0 Å². The molecular weight excluding hydrogens is 907 g/mol. The zero-order valence-electron chi connectivity index (χ0n) is 34.0. The minimum Gasteiger partial charge on any atom is -0.790 e. The molecule has 1 aliphatic heterocycles. The number of hydrogen-bond donors (Lipinski definition) is 6. The summed E-state index contributed by atoms with van der Waals surface area (Å²) in [5, 5.41) is 36.1.